The molecule has 5 heteroatoms. The Morgan fingerprint density at radius 1 is 1.47 bits per heavy atom. The normalized spacial score (nSPS) is 39.2. The number of hydrogen-bond acceptors (Lipinski definition) is 4. The summed E-state index contributed by atoms with van der Waals surface area (Å²) in [7, 11) is 0. The monoisotopic (exact) mass is 268 g/mol. The van der Waals surface area contributed by atoms with Crippen LogP contribution in [0.5, 0.6) is 0 Å². The molecule has 0 aromatic carbocycles. The van der Waals surface area contributed by atoms with Gasteiger partial charge in [0.2, 0.25) is 0 Å². The summed E-state index contributed by atoms with van der Waals surface area (Å²) in [6.45, 7) is 0. The minimum atomic E-state index is 0.296. The number of hydrogen-bond donors (Lipinski definition) is 1. The third-order valence-electron chi connectivity index (χ3n) is 3.88. The zero-order chi connectivity index (χ0) is 11.4. The van der Waals surface area contributed by atoms with Crippen LogP contribution in [0.2, 0.25) is 0 Å². The molecule has 1 unspecified atom stereocenters. The Bertz CT molecular complexity index is 477. The quantitative estimate of drug-likeness (QED) is 0.895. The van der Waals surface area contributed by atoms with E-state index in [2.05, 4.69) is 22.6 Å². The third kappa shape index (κ3) is 1.83. The molecule has 1 saturated heterocycles. The van der Waals surface area contributed by atoms with Gasteiger partial charge in [0.1, 0.15) is 11.5 Å². The maximum Gasteiger partial charge on any atom is 0.144 e. The molecular weight excluding hydrogens is 256 g/mol. The van der Waals surface area contributed by atoms with Gasteiger partial charge in [0.15, 0.2) is 0 Å². The van der Waals surface area contributed by atoms with Crippen molar-refractivity contribution in [3.63, 3.8) is 0 Å². The van der Waals surface area contributed by atoms with Gasteiger partial charge < -0.3 is 9.84 Å². The standard InChI is InChI=1S/C12H13ClN2OS/c13-12-3-7(5-17-12)11-4-10(15-16-11)9-2-6-1-8(6)14-9/h3-4,6-9,14H,1-2,5H2/t6-,7?,8-,9-/m1/s1. The van der Waals surface area contributed by atoms with Crippen molar-refractivity contribution in [1.82, 2.24) is 10.5 Å². The second kappa shape index (κ2) is 3.77. The maximum absolute atomic E-state index is 5.97. The fourth-order valence-corrected chi connectivity index (χ4v) is 3.98. The molecule has 1 aromatic heterocycles. The first kappa shape index (κ1) is 10.5. The Labute approximate surface area is 109 Å². The van der Waals surface area contributed by atoms with E-state index >= 15 is 0 Å². The predicted octanol–water partition coefficient (Wildman–Crippen LogP) is 3.01. The van der Waals surface area contributed by atoms with Gasteiger partial charge in [-0.2, -0.15) is 0 Å². The van der Waals surface area contributed by atoms with E-state index in [0.29, 0.717) is 12.0 Å². The molecule has 17 heavy (non-hydrogen) atoms. The zero-order valence-corrected chi connectivity index (χ0v) is 10.8. The molecule has 2 fully saturated rings. The van der Waals surface area contributed by atoms with Crippen molar-refractivity contribution in [3.8, 4) is 0 Å². The molecule has 1 aliphatic carbocycles. The Morgan fingerprint density at radius 2 is 2.41 bits per heavy atom. The molecule has 0 spiro atoms. The first-order valence-corrected chi connectivity index (χ1v) is 7.38. The molecule has 3 heterocycles. The van der Waals surface area contributed by atoms with Gasteiger partial charge in [0, 0.05) is 23.8 Å². The highest BCUT2D eigenvalue weighted by Gasteiger charge is 2.46. The second-order valence-electron chi connectivity index (χ2n) is 5.10. The lowest BCUT2D eigenvalue weighted by Gasteiger charge is -2.07. The van der Waals surface area contributed by atoms with Crippen molar-refractivity contribution >= 4 is 23.4 Å². The van der Waals surface area contributed by atoms with Crippen molar-refractivity contribution in [2.45, 2.75) is 30.8 Å². The molecule has 1 N–H and O–H groups in total. The Balaban J connectivity index is 1.53. The minimum absolute atomic E-state index is 0.296. The molecule has 1 aromatic rings. The summed E-state index contributed by atoms with van der Waals surface area (Å²) in [6, 6.07) is 3.25. The summed E-state index contributed by atoms with van der Waals surface area (Å²) >= 11 is 7.64. The van der Waals surface area contributed by atoms with Crippen molar-refractivity contribution in [3.05, 3.63) is 28.0 Å². The smallest absolute Gasteiger partial charge is 0.144 e. The molecule has 4 rings (SSSR count). The number of piperidine rings is 1. The summed E-state index contributed by atoms with van der Waals surface area (Å²) in [4.78, 5) is 0. The summed E-state index contributed by atoms with van der Waals surface area (Å²) < 4.78 is 6.32. The van der Waals surface area contributed by atoms with Crippen molar-refractivity contribution in [1.29, 1.82) is 0 Å². The number of fused-ring (bicyclic) bond motifs is 1. The lowest BCUT2D eigenvalue weighted by molar-refractivity contribution is 0.364. The van der Waals surface area contributed by atoms with E-state index in [-0.39, 0.29) is 0 Å². The highest BCUT2D eigenvalue weighted by Crippen LogP contribution is 2.46. The van der Waals surface area contributed by atoms with Crippen molar-refractivity contribution in [2.24, 2.45) is 5.92 Å². The Hall–Kier alpha value is -0.450. The van der Waals surface area contributed by atoms with Gasteiger partial charge in [-0.1, -0.05) is 16.8 Å². The molecule has 2 aliphatic heterocycles. The van der Waals surface area contributed by atoms with Crippen LogP contribution in [0.4, 0.5) is 0 Å². The first-order valence-electron chi connectivity index (χ1n) is 6.02. The topological polar surface area (TPSA) is 38.1 Å². The molecule has 1 saturated carbocycles. The lowest BCUT2D eigenvalue weighted by Crippen LogP contribution is -2.17. The van der Waals surface area contributed by atoms with Crippen LogP contribution in [-0.4, -0.2) is 17.0 Å². The number of halogens is 1. The summed E-state index contributed by atoms with van der Waals surface area (Å²) in [6.07, 6.45) is 4.61. The van der Waals surface area contributed by atoms with Crippen molar-refractivity contribution in [2.75, 3.05) is 5.75 Å². The van der Waals surface area contributed by atoms with Crippen LogP contribution in [0.25, 0.3) is 0 Å². The highest BCUT2D eigenvalue weighted by atomic mass is 35.5. The van der Waals surface area contributed by atoms with Gasteiger partial charge in [0.05, 0.1) is 10.4 Å². The lowest BCUT2D eigenvalue weighted by atomic mass is 10.1. The van der Waals surface area contributed by atoms with Crippen LogP contribution in [0.3, 0.4) is 0 Å². The average molecular weight is 269 g/mol. The van der Waals surface area contributed by atoms with Gasteiger partial charge in [0.25, 0.3) is 0 Å². The van der Waals surface area contributed by atoms with Gasteiger partial charge in [-0.3, -0.25) is 0 Å². The van der Waals surface area contributed by atoms with Crippen LogP contribution >= 0.6 is 23.4 Å². The van der Waals surface area contributed by atoms with Gasteiger partial charge in [-0.25, -0.2) is 0 Å². The predicted molar refractivity (Wildman–Crippen MR) is 68.0 cm³/mol. The summed E-state index contributed by atoms with van der Waals surface area (Å²) in [5.41, 5.74) is 1.06. The Kier molecular flexibility index (Phi) is 2.32. The van der Waals surface area contributed by atoms with E-state index in [1.807, 2.05) is 0 Å². The van der Waals surface area contributed by atoms with Crippen LogP contribution in [0.15, 0.2) is 21.0 Å². The number of rotatable bonds is 2. The molecule has 0 amide bonds. The second-order valence-corrected chi connectivity index (χ2v) is 6.79. The van der Waals surface area contributed by atoms with Crippen LogP contribution < -0.4 is 5.32 Å². The highest BCUT2D eigenvalue weighted by molar-refractivity contribution is 8.04. The molecule has 3 aliphatic rings. The number of allylic oxidation sites excluding steroid dienone is 1. The molecular formula is C12H13ClN2OS. The van der Waals surface area contributed by atoms with Gasteiger partial charge >= 0.3 is 0 Å². The van der Waals surface area contributed by atoms with E-state index in [1.54, 1.807) is 11.8 Å². The Morgan fingerprint density at radius 3 is 3.12 bits per heavy atom. The van der Waals surface area contributed by atoms with Gasteiger partial charge in [-0.05, 0) is 24.8 Å². The molecule has 4 atom stereocenters. The largest absolute Gasteiger partial charge is 0.360 e. The average Bonchev–Trinajstić information content (AvgIpc) is 2.83. The molecule has 0 bridgehead atoms. The number of nitrogens with zero attached hydrogens (tertiary/aromatic N) is 1. The van der Waals surface area contributed by atoms with E-state index in [4.69, 9.17) is 16.1 Å². The van der Waals surface area contributed by atoms with Gasteiger partial charge in [-0.15, -0.1) is 11.8 Å². The third-order valence-corrected chi connectivity index (χ3v) is 5.27. The van der Waals surface area contributed by atoms with Crippen LogP contribution in [0, 0.1) is 5.92 Å². The fraction of sp³-hybridized carbons (Fsp3) is 0.583. The molecule has 90 valence electrons. The van der Waals surface area contributed by atoms with E-state index in [1.165, 1.54) is 12.8 Å². The molecule has 3 nitrogen and oxygen atoms in total. The van der Waals surface area contributed by atoms with Crippen LogP contribution in [-0.2, 0) is 0 Å². The molecule has 0 radical (unpaired) electrons. The number of nitrogens with one attached hydrogen (secondary N) is 1. The minimum Gasteiger partial charge on any atom is -0.360 e. The van der Waals surface area contributed by atoms with Crippen LogP contribution in [0.1, 0.15) is 36.3 Å². The maximum atomic E-state index is 5.97. The SMILES string of the molecule is ClC1=CC(c2cc([C@H]3C[C@H]4C[C@H]4N3)no2)CS1. The zero-order valence-electron chi connectivity index (χ0n) is 9.23. The fourth-order valence-electron chi connectivity index (χ4n) is 2.78. The number of aromatic nitrogens is 1. The first-order chi connectivity index (χ1) is 8.29. The van der Waals surface area contributed by atoms with E-state index < -0.39 is 0 Å². The van der Waals surface area contributed by atoms with Crippen molar-refractivity contribution < 1.29 is 4.52 Å². The van der Waals surface area contributed by atoms with E-state index in [0.717, 1.165) is 33.5 Å². The summed E-state index contributed by atoms with van der Waals surface area (Å²) in [5, 5.41) is 7.79. The number of thioether (sulfide) groups is 1. The van der Waals surface area contributed by atoms with E-state index in [9.17, 15) is 0 Å². The summed E-state index contributed by atoms with van der Waals surface area (Å²) in [5.74, 6) is 3.10.